The van der Waals surface area contributed by atoms with Crippen LogP contribution in [0.2, 0.25) is 0 Å². The second-order valence-corrected chi connectivity index (χ2v) is 7.28. The van der Waals surface area contributed by atoms with Crippen LogP contribution in [0.4, 0.5) is 0 Å². The van der Waals surface area contributed by atoms with Crippen LogP contribution in [0.5, 0.6) is 0 Å². The molecule has 3 N–H and O–H groups in total. The first-order valence-electron chi connectivity index (χ1n) is 5.95. The average molecular weight is 274 g/mol. The van der Waals surface area contributed by atoms with Crippen molar-refractivity contribution in [1.29, 1.82) is 0 Å². The fourth-order valence-corrected chi connectivity index (χ4v) is 2.76. The summed E-state index contributed by atoms with van der Waals surface area (Å²) in [6, 6.07) is 1.48. The van der Waals surface area contributed by atoms with Crippen LogP contribution in [0.1, 0.15) is 38.7 Å². The zero-order valence-corrected chi connectivity index (χ0v) is 12.2. The fourth-order valence-electron chi connectivity index (χ4n) is 1.53. The Morgan fingerprint density at radius 1 is 1.39 bits per heavy atom. The Bertz CT molecular complexity index is 498. The van der Waals surface area contributed by atoms with Crippen molar-refractivity contribution in [3.8, 4) is 0 Å². The van der Waals surface area contributed by atoms with Gasteiger partial charge in [-0.2, -0.15) is 0 Å². The molecule has 1 rings (SSSR count). The number of furan rings is 1. The van der Waals surface area contributed by atoms with Gasteiger partial charge in [-0.25, -0.2) is 13.1 Å². The number of nitrogens with one attached hydrogen (secondary N) is 1. The van der Waals surface area contributed by atoms with Gasteiger partial charge in [0, 0.05) is 12.6 Å². The van der Waals surface area contributed by atoms with Crippen molar-refractivity contribution in [2.45, 2.75) is 45.6 Å². The minimum atomic E-state index is -3.50. The average Bonchev–Trinajstić information content (AvgIpc) is 2.58. The maximum absolute atomic E-state index is 12.1. The molecule has 0 saturated heterocycles. The zero-order valence-electron chi connectivity index (χ0n) is 11.4. The largest absolute Gasteiger partial charge is 0.464 e. The molecule has 0 aliphatic carbocycles. The number of sulfonamides is 1. The molecule has 0 aromatic carbocycles. The van der Waals surface area contributed by atoms with Gasteiger partial charge in [0.25, 0.3) is 0 Å². The monoisotopic (exact) mass is 274 g/mol. The SMILES string of the molecule is Cc1oc(CN)cc1S(=O)(=O)NCCC(C)(C)C. The van der Waals surface area contributed by atoms with Gasteiger partial charge in [0.2, 0.25) is 10.0 Å². The highest BCUT2D eigenvalue weighted by Crippen LogP contribution is 2.21. The topological polar surface area (TPSA) is 85.3 Å². The quantitative estimate of drug-likeness (QED) is 0.856. The van der Waals surface area contributed by atoms with E-state index < -0.39 is 10.0 Å². The summed E-state index contributed by atoms with van der Waals surface area (Å²) in [6.45, 7) is 8.43. The second kappa shape index (κ2) is 5.42. The summed E-state index contributed by atoms with van der Waals surface area (Å²) >= 11 is 0. The first kappa shape index (κ1) is 15.2. The first-order chi connectivity index (χ1) is 8.15. The van der Waals surface area contributed by atoms with Crippen LogP contribution in [0, 0.1) is 12.3 Å². The highest BCUT2D eigenvalue weighted by atomic mass is 32.2. The van der Waals surface area contributed by atoms with E-state index >= 15 is 0 Å². The van der Waals surface area contributed by atoms with E-state index in [1.54, 1.807) is 6.92 Å². The highest BCUT2D eigenvalue weighted by Gasteiger charge is 2.21. The van der Waals surface area contributed by atoms with Crippen LogP contribution < -0.4 is 10.5 Å². The number of nitrogens with two attached hydrogens (primary N) is 1. The Morgan fingerprint density at radius 2 is 2.00 bits per heavy atom. The van der Waals surface area contributed by atoms with Crippen LogP contribution in [0.25, 0.3) is 0 Å². The number of rotatable bonds is 5. The summed E-state index contributed by atoms with van der Waals surface area (Å²) < 4.78 is 31.9. The minimum absolute atomic E-state index is 0.0936. The summed E-state index contributed by atoms with van der Waals surface area (Å²) in [7, 11) is -3.50. The number of aryl methyl sites for hydroxylation is 1. The molecule has 0 spiro atoms. The van der Waals surface area contributed by atoms with Crippen LogP contribution in [0.15, 0.2) is 15.4 Å². The van der Waals surface area contributed by atoms with Crippen molar-refractivity contribution < 1.29 is 12.8 Å². The first-order valence-corrected chi connectivity index (χ1v) is 7.43. The lowest BCUT2D eigenvalue weighted by Crippen LogP contribution is -2.27. The molecule has 6 heteroatoms. The van der Waals surface area contributed by atoms with E-state index in [1.807, 2.05) is 0 Å². The zero-order chi connectivity index (χ0) is 14.0. The Morgan fingerprint density at radius 3 is 2.44 bits per heavy atom. The van der Waals surface area contributed by atoms with Gasteiger partial charge in [-0.15, -0.1) is 0 Å². The maximum atomic E-state index is 12.1. The second-order valence-electron chi connectivity index (χ2n) is 5.55. The molecular weight excluding hydrogens is 252 g/mol. The molecule has 104 valence electrons. The summed E-state index contributed by atoms with van der Waals surface area (Å²) in [5.74, 6) is 0.849. The molecule has 0 aliphatic heterocycles. The number of hydrogen-bond acceptors (Lipinski definition) is 4. The van der Waals surface area contributed by atoms with Crippen LogP contribution >= 0.6 is 0 Å². The molecule has 1 heterocycles. The van der Waals surface area contributed by atoms with E-state index in [0.29, 0.717) is 18.1 Å². The van der Waals surface area contributed by atoms with E-state index in [-0.39, 0.29) is 16.9 Å². The van der Waals surface area contributed by atoms with Gasteiger partial charge in [-0.05, 0) is 18.8 Å². The van der Waals surface area contributed by atoms with E-state index in [4.69, 9.17) is 10.2 Å². The summed E-state index contributed by atoms with van der Waals surface area (Å²) in [5, 5.41) is 0. The minimum Gasteiger partial charge on any atom is -0.464 e. The summed E-state index contributed by atoms with van der Waals surface area (Å²) in [6.07, 6.45) is 0.771. The van der Waals surface area contributed by atoms with Gasteiger partial charge < -0.3 is 10.2 Å². The highest BCUT2D eigenvalue weighted by molar-refractivity contribution is 7.89. The van der Waals surface area contributed by atoms with Crippen molar-refractivity contribution in [2.75, 3.05) is 6.54 Å². The Balaban J connectivity index is 2.77. The third-order valence-electron chi connectivity index (χ3n) is 2.58. The van der Waals surface area contributed by atoms with Crippen LogP contribution in [-0.2, 0) is 16.6 Å². The fraction of sp³-hybridized carbons (Fsp3) is 0.667. The normalized spacial score (nSPS) is 12.9. The van der Waals surface area contributed by atoms with Crippen molar-refractivity contribution in [3.05, 3.63) is 17.6 Å². The lowest BCUT2D eigenvalue weighted by molar-refractivity contribution is 0.378. The Labute approximate surface area is 109 Å². The van der Waals surface area contributed by atoms with Gasteiger partial charge in [0.15, 0.2) is 0 Å². The van der Waals surface area contributed by atoms with Crippen molar-refractivity contribution in [3.63, 3.8) is 0 Å². The molecule has 0 fully saturated rings. The number of hydrogen-bond donors (Lipinski definition) is 2. The van der Waals surface area contributed by atoms with Crippen molar-refractivity contribution >= 4 is 10.0 Å². The Kier molecular flexibility index (Phi) is 4.58. The van der Waals surface area contributed by atoms with Crippen molar-refractivity contribution in [1.82, 2.24) is 4.72 Å². The molecule has 18 heavy (non-hydrogen) atoms. The molecular formula is C12H22N2O3S. The predicted molar refractivity (Wildman–Crippen MR) is 70.6 cm³/mol. The van der Waals surface area contributed by atoms with Crippen LogP contribution in [-0.4, -0.2) is 15.0 Å². The molecule has 0 atom stereocenters. The van der Waals surface area contributed by atoms with Gasteiger partial charge in [-0.1, -0.05) is 20.8 Å². The van der Waals surface area contributed by atoms with Gasteiger partial charge >= 0.3 is 0 Å². The van der Waals surface area contributed by atoms with Gasteiger partial charge in [-0.3, -0.25) is 0 Å². The molecule has 1 aromatic rings. The van der Waals surface area contributed by atoms with E-state index in [0.717, 1.165) is 6.42 Å². The molecule has 0 saturated carbocycles. The lowest BCUT2D eigenvalue weighted by atomic mass is 9.93. The third-order valence-corrected chi connectivity index (χ3v) is 4.15. The van der Waals surface area contributed by atoms with E-state index in [2.05, 4.69) is 25.5 Å². The van der Waals surface area contributed by atoms with Crippen LogP contribution in [0.3, 0.4) is 0 Å². The van der Waals surface area contributed by atoms with E-state index in [1.165, 1.54) is 6.07 Å². The molecule has 0 aliphatic rings. The summed E-state index contributed by atoms with van der Waals surface area (Å²) in [4.78, 5) is 0.178. The molecule has 5 nitrogen and oxygen atoms in total. The third kappa shape index (κ3) is 4.12. The lowest BCUT2D eigenvalue weighted by Gasteiger charge is -2.17. The van der Waals surface area contributed by atoms with Gasteiger partial charge in [0.1, 0.15) is 16.4 Å². The van der Waals surface area contributed by atoms with E-state index in [9.17, 15) is 8.42 Å². The Hall–Kier alpha value is -0.850. The predicted octanol–water partition coefficient (Wildman–Crippen LogP) is 1.76. The van der Waals surface area contributed by atoms with Gasteiger partial charge in [0.05, 0.1) is 6.54 Å². The molecule has 0 unspecified atom stereocenters. The molecule has 0 bridgehead atoms. The smallest absolute Gasteiger partial charge is 0.244 e. The maximum Gasteiger partial charge on any atom is 0.244 e. The molecule has 0 radical (unpaired) electrons. The van der Waals surface area contributed by atoms with Crippen molar-refractivity contribution in [2.24, 2.45) is 11.1 Å². The summed E-state index contributed by atoms with van der Waals surface area (Å²) in [5.41, 5.74) is 5.52. The molecule has 0 amide bonds. The molecule has 1 aromatic heterocycles. The standard InChI is InChI=1S/C12H22N2O3S/c1-9-11(7-10(8-13)17-9)18(15,16)14-6-5-12(2,3)4/h7,14H,5-6,8,13H2,1-4H3.